The van der Waals surface area contributed by atoms with Gasteiger partial charge in [-0.2, -0.15) is 0 Å². The van der Waals surface area contributed by atoms with Crippen molar-refractivity contribution in [1.29, 1.82) is 0 Å². The molecule has 1 aromatic carbocycles. The first-order valence-corrected chi connectivity index (χ1v) is 5.69. The number of rotatable bonds is 1. The van der Waals surface area contributed by atoms with Crippen LogP contribution in [0.3, 0.4) is 0 Å². The Balaban J connectivity index is 3.02. The monoisotopic (exact) mass is 248 g/mol. The van der Waals surface area contributed by atoms with Crippen LogP contribution in [0, 0.1) is 0 Å². The Labute approximate surface area is 104 Å². The third-order valence-corrected chi connectivity index (χ3v) is 2.78. The van der Waals surface area contributed by atoms with Gasteiger partial charge in [0.05, 0.1) is 12.6 Å². The third-order valence-electron chi connectivity index (χ3n) is 2.78. The lowest BCUT2D eigenvalue weighted by atomic mass is 10.1. The summed E-state index contributed by atoms with van der Waals surface area (Å²) in [7, 11) is 1.50. The highest BCUT2D eigenvalue weighted by Gasteiger charge is 2.21. The molecule has 0 saturated carbocycles. The molecular formula is C13H16N2O3. The molecule has 2 rings (SSSR count). The first kappa shape index (κ1) is 12.4. The number of benzene rings is 1. The van der Waals surface area contributed by atoms with Crippen LogP contribution in [0.5, 0.6) is 5.75 Å². The second-order valence-corrected chi connectivity index (χ2v) is 5.12. The molecule has 0 radical (unpaired) electrons. The predicted octanol–water partition coefficient (Wildman–Crippen LogP) is 1.45. The van der Waals surface area contributed by atoms with Gasteiger partial charge in [0.1, 0.15) is 11.1 Å². The van der Waals surface area contributed by atoms with E-state index in [9.17, 15) is 9.59 Å². The van der Waals surface area contributed by atoms with E-state index in [0.717, 1.165) is 0 Å². The number of methoxy groups -OCH3 is 1. The standard InChI is InChI=1S/C13H16N2O3/c1-13(2,3)15-11(16)10-8(14-12(15)17)6-5-7-9(10)18-4/h5-7H,1-4H3,(H,14,17). The zero-order chi connectivity index (χ0) is 13.5. The lowest BCUT2D eigenvalue weighted by Crippen LogP contribution is -2.44. The second kappa shape index (κ2) is 4.01. The summed E-state index contributed by atoms with van der Waals surface area (Å²) in [6, 6.07) is 5.13. The molecule has 0 unspecified atom stereocenters. The normalized spacial score (nSPS) is 11.8. The van der Waals surface area contributed by atoms with Crippen LogP contribution in [0.2, 0.25) is 0 Å². The molecule has 0 aliphatic rings. The number of nitrogens with zero attached hydrogens (tertiary/aromatic N) is 1. The van der Waals surface area contributed by atoms with Crippen molar-refractivity contribution in [1.82, 2.24) is 9.55 Å². The van der Waals surface area contributed by atoms with Crippen molar-refractivity contribution in [3.05, 3.63) is 39.0 Å². The highest BCUT2D eigenvalue weighted by atomic mass is 16.5. The van der Waals surface area contributed by atoms with Gasteiger partial charge in [-0.3, -0.25) is 9.36 Å². The SMILES string of the molecule is COc1cccc2[nH]c(=O)n(C(C)(C)C)c(=O)c12. The Kier molecular flexibility index (Phi) is 2.77. The quantitative estimate of drug-likeness (QED) is 0.830. The summed E-state index contributed by atoms with van der Waals surface area (Å²) in [6.45, 7) is 5.43. The molecule has 5 heteroatoms. The van der Waals surface area contributed by atoms with Gasteiger partial charge in [0, 0.05) is 5.54 Å². The van der Waals surface area contributed by atoms with E-state index in [1.54, 1.807) is 18.2 Å². The predicted molar refractivity (Wildman–Crippen MR) is 70.4 cm³/mol. The van der Waals surface area contributed by atoms with Crippen molar-refractivity contribution < 1.29 is 4.74 Å². The lowest BCUT2D eigenvalue weighted by Gasteiger charge is -2.21. The van der Waals surface area contributed by atoms with Crippen LogP contribution < -0.4 is 16.0 Å². The lowest BCUT2D eigenvalue weighted by molar-refractivity contribution is 0.368. The molecule has 0 aliphatic carbocycles. The first-order chi connectivity index (χ1) is 8.36. The van der Waals surface area contributed by atoms with Crippen molar-refractivity contribution in [2.75, 3.05) is 7.11 Å². The minimum atomic E-state index is -0.584. The summed E-state index contributed by atoms with van der Waals surface area (Å²) in [4.78, 5) is 27.1. The van der Waals surface area contributed by atoms with Crippen molar-refractivity contribution in [3.63, 3.8) is 0 Å². The number of ether oxygens (including phenoxy) is 1. The fraction of sp³-hybridized carbons (Fsp3) is 0.385. The van der Waals surface area contributed by atoms with Crippen molar-refractivity contribution in [2.24, 2.45) is 0 Å². The Hall–Kier alpha value is -2.04. The van der Waals surface area contributed by atoms with Crippen LogP contribution in [0.4, 0.5) is 0 Å². The molecular weight excluding hydrogens is 232 g/mol. The summed E-state index contributed by atoms with van der Waals surface area (Å²) >= 11 is 0. The summed E-state index contributed by atoms with van der Waals surface area (Å²) in [5.41, 5.74) is -0.837. The summed E-state index contributed by atoms with van der Waals surface area (Å²) in [5.74, 6) is 0.465. The van der Waals surface area contributed by atoms with Gasteiger partial charge in [-0.05, 0) is 32.9 Å². The maximum Gasteiger partial charge on any atom is 0.329 e. The molecule has 0 fully saturated rings. The molecule has 1 aromatic heterocycles. The van der Waals surface area contributed by atoms with Gasteiger partial charge in [0.25, 0.3) is 5.56 Å². The van der Waals surface area contributed by atoms with Crippen LogP contribution >= 0.6 is 0 Å². The first-order valence-electron chi connectivity index (χ1n) is 5.69. The molecule has 1 heterocycles. The zero-order valence-corrected chi connectivity index (χ0v) is 10.9. The van der Waals surface area contributed by atoms with Crippen LogP contribution in [-0.2, 0) is 5.54 Å². The minimum absolute atomic E-state index is 0.335. The molecule has 18 heavy (non-hydrogen) atoms. The summed E-state index contributed by atoms with van der Waals surface area (Å²) in [5, 5.41) is 0.398. The zero-order valence-electron chi connectivity index (χ0n) is 10.9. The van der Waals surface area contributed by atoms with E-state index in [2.05, 4.69) is 4.98 Å². The molecule has 2 aromatic rings. The van der Waals surface area contributed by atoms with E-state index >= 15 is 0 Å². The average molecular weight is 248 g/mol. The van der Waals surface area contributed by atoms with Crippen molar-refractivity contribution >= 4 is 10.9 Å². The second-order valence-electron chi connectivity index (χ2n) is 5.12. The fourth-order valence-electron chi connectivity index (χ4n) is 2.01. The largest absolute Gasteiger partial charge is 0.496 e. The number of H-pyrrole nitrogens is 1. The smallest absolute Gasteiger partial charge is 0.329 e. The van der Waals surface area contributed by atoms with Gasteiger partial charge < -0.3 is 9.72 Å². The Morgan fingerprint density at radius 3 is 2.44 bits per heavy atom. The number of aromatic nitrogens is 2. The van der Waals surface area contributed by atoms with E-state index in [0.29, 0.717) is 16.7 Å². The molecule has 0 aliphatic heterocycles. The van der Waals surface area contributed by atoms with E-state index in [4.69, 9.17) is 4.74 Å². The molecule has 0 atom stereocenters. The Morgan fingerprint density at radius 2 is 1.89 bits per heavy atom. The topological polar surface area (TPSA) is 64.1 Å². The number of aromatic amines is 1. The van der Waals surface area contributed by atoms with Crippen LogP contribution in [0.25, 0.3) is 10.9 Å². The van der Waals surface area contributed by atoms with E-state index < -0.39 is 11.2 Å². The minimum Gasteiger partial charge on any atom is -0.496 e. The van der Waals surface area contributed by atoms with E-state index in [1.807, 2.05) is 20.8 Å². The molecule has 96 valence electrons. The van der Waals surface area contributed by atoms with E-state index in [-0.39, 0.29) is 5.56 Å². The van der Waals surface area contributed by atoms with E-state index in [1.165, 1.54) is 11.7 Å². The summed E-state index contributed by atoms with van der Waals surface area (Å²) in [6.07, 6.45) is 0. The fourth-order valence-corrected chi connectivity index (χ4v) is 2.01. The van der Waals surface area contributed by atoms with Gasteiger partial charge in [-0.1, -0.05) is 6.07 Å². The third kappa shape index (κ3) is 1.81. The van der Waals surface area contributed by atoms with Crippen LogP contribution in [-0.4, -0.2) is 16.7 Å². The molecule has 0 bridgehead atoms. The van der Waals surface area contributed by atoms with Crippen LogP contribution in [0.1, 0.15) is 20.8 Å². The molecule has 0 amide bonds. The molecule has 1 N–H and O–H groups in total. The number of nitrogens with one attached hydrogen (secondary N) is 1. The van der Waals surface area contributed by atoms with Crippen LogP contribution in [0.15, 0.2) is 27.8 Å². The average Bonchev–Trinajstić information content (AvgIpc) is 2.25. The van der Waals surface area contributed by atoms with Crippen molar-refractivity contribution in [2.45, 2.75) is 26.3 Å². The molecule has 0 saturated heterocycles. The van der Waals surface area contributed by atoms with Gasteiger partial charge >= 0.3 is 5.69 Å². The Bertz CT molecular complexity index is 705. The maximum atomic E-state index is 12.4. The van der Waals surface area contributed by atoms with Gasteiger partial charge in [-0.25, -0.2) is 4.79 Å². The van der Waals surface area contributed by atoms with Crippen molar-refractivity contribution in [3.8, 4) is 5.75 Å². The van der Waals surface area contributed by atoms with Gasteiger partial charge in [0.15, 0.2) is 0 Å². The Morgan fingerprint density at radius 1 is 1.22 bits per heavy atom. The molecule has 5 nitrogen and oxygen atoms in total. The highest BCUT2D eigenvalue weighted by molar-refractivity contribution is 5.83. The number of hydrogen-bond acceptors (Lipinski definition) is 3. The van der Waals surface area contributed by atoms with Gasteiger partial charge in [0.2, 0.25) is 0 Å². The summed E-state index contributed by atoms with van der Waals surface area (Å²) < 4.78 is 6.39. The molecule has 0 spiro atoms. The number of fused-ring (bicyclic) bond motifs is 1. The highest BCUT2D eigenvalue weighted by Crippen LogP contribution is 2.20. The maximum absolute atomic E-state index is 12.4. The van der Waals surface area contributed by atoms with Gasteiger partial charge in [-0.15, -0.1) is 0 Å². The number of hydrogen-bond donors (Lipinski definition) is 1.